The van der Waals surface area contributed by atoms with E-state index in [1.54, 1.807) is 0 Å². The van der Waals surface area contributed by atoms with Crippen LogP contribution in [0.1, 0.15) is 31.5 Å². The summed E-state index contributed by atoms with van der Waals surface area (Å²) in [6.45, 7) is 4.39. The molecule has 3 N–H and O–H groups in total. The molecule has 0 atom stereocenters. The van der Waals surface area contributed by atoms with E-state index in [1.165, 1.54) is 25.7 Å². The summed E-state index contributed by atoms with van der Waals surface area (Å²) in [5.74, 6) is 3.47. The lowest BCUT2D eigenvalue weighted by Gasteiger charge is -2.19. The van der Waals surface area contributed by atoms with Crippen LogP contribution in [0.3, 0.4) is 0 Å². The highest BCUT2D eigenvalue weighted by molar-refractivity contribution is 5.49. The van der Waals surface area contributed by atoms with E-state index in [4.69, 9.17) is 5.73 Å². The number of nitrogens with zero attached hydrogens (tertiary/aromatic N) is 3. The predicted octanol–water partition coefficient (Wildman–Crippen LogP) is 1.78. The standard InChI is InChI=1S/C14H25N5/c1-11-17-13(16-10-12-5-3-4-6-12)9-14(18-11)19(2)8-7-15/h9,12H,3-8,10,15H2,1-2H3,(H,16,17,18). The Morgan fingerprint density at radius 2 is 2.11 bits per heavy atom. The molecule has 1 fully saturated rings. The molecule has 0 bridgehead atoms. The van der Waals surface area contributed by atoms with Crippen molar-refractivity contribution in [2.75, 3.05) is 36.9 Å². The fraction of sp³-hybridized carbons (Fsp3) is 0.714. The summed E-state index contributed by atoms with van der Waals surface area (Å²) in [6, 6.07) is 2.01. The van der Waals surface area contributed by atoms with Crippen LogP contribution in [0.15, 0.2) is 6.07 Å². The summed E-state index contributed by atoms with van der Waals surface area (Å²) in [5.41, 5.74) is 5.58. The zero-order chi connectivity index (χ0) is 13.7. The Morgan fingerprint density at radius 3 is 2.79 bits per heavy atom. The molecule has 2 rings (SSSR count). The lowest BCUT2D eigenvalue weighted by molar-refractivity contribution is 0.578. The van der Waals surface area contributed by atoms with Gasteiger partial charge in [-0.1, -0.05) is 12.8 Å². The van der Waals surface area contributed by atoms with Crippen molar-refractivity contribution in [1.82, 2.24) is 9.97 Å². The van der Waals surface area contributed by atoms with Gasteiger partial charge in [0.05, 0.1) is 0 Å². The second-order valence-corrected chi connectivity index (χ2v) is 5.40. The quantitative estimate of drug-likeness (QED) is 0.819. The van der Waals surface area contributed by atoms with Crippen molar-refractivity contribution >= 4 is 11.6 Å². The van der Waals surface area contributed by atoms with E-state index in [-0.39, 0.29) is 0 Å². The Kier molecular flexibility index (Phi) is 4.96. The van der Waals surface area contributed by atoms with Crippen LogP contribution in [-0.2, 0) is 0 Å². The van der Waals surface area contributed by atoms with Crippen molar-refractivity contribution in [3.63, 3.8) is 0 Å². The van der Waals surface area contributed by atoms with Crippen LogP contribution in [-0.4, -0.2) is 36.6 Å². The van der Waals surface area contributed by atoms with Gasteiger partial charge in [-0.2, -0.15) is 0 Å². The van der Waals surface area contributed by atoms with Crippen molar-refractivity contribution in [2.45, 2.75) is 32.6 Å². The number of aryl methyl sites for hydroxylation is 1. The molecule has 1 aliphatic rings. The Bertz CT molecular complexity index is 401. The van der Waals surface area contributed by atoms with Gasteiger partial charge in [0.1, 0.15) is 17.5 Å². The average molecular weight is 263 g/mol. The highest BCUT2D eigenvalue weighted by Crippen LogP contribution is 2.25. The first-order valence-corrected chi connectivity index (χ1v) is 7.20. The molecular formula is C14H25N5. The lowest BCUT2D eigenvalue weighted by Crippen LogP contribution is -2.26. The maximum absolute atomic E-state index is 5.58. The second kappa shape index (κ2) is 6.70. The van der Waals surface area contributed by atoms with Gasteiger partial charge in [-0.05, 0) is 25.7 Å². The van der Waals surface area contributed by atoms with Crippen LogP contribution in [0.2, 0.25) is 0 Å². The molecule has 5 nitrogen and oxygen atoms in total. The van der Waals surface area contributed by atoms with Crippen molar-refractivity contribution in [3.8, 4) is 0 Å². The largest absolute Gasteiger partial charge is 0.370 e. The fourth-order valence-corrected chi connectivity index (χ4v) is 2.61. The molecule has 0 amide bonds. The summed E-state index contributed by atoms with van der Waals surface area (Å²) in [6.07, 6.45) is 5.44. The summed E-state index contributed by atoms with van der Waals surface area (Å²) < 4.78 is 0. The first kappa shape index (κ1) is 14.1. The molecule has 0 unspecified atom stereocenters. The van der Waals surface area contributed by atoms with Gasteiger partial charge < -0.3 is 16.0 Å². The number of rotatable bonds is 6. The van der Waals surface area contributed by atoms with Crippen LogP contribution in [0.4, 0.5) is 11.6 Å². The lowest BCUT2D eigenvalue weighted by atomic mass is 10.1. The SMILES string of the molecule is Cc1nc(NCC2CCCC2)cc(N(C)CCN)n1. The third kappa shape index (κ3) is 4.06. The number of likely N-dealkylation sites (N-methyl/N-ethyl adjacent to an activating group) is 1. The smallest absolute Gasteiger partial charge is 0.134 e. The number of hydrogen-bond donors (Lipinski definition) is 2. The van der Waals surface area contributed by atoms with Gasteiger partial charge >= 0.3 is 0 Å². The van der Waals surface area contributed by atoms with Crippen LogP contribution >= 0.6 is 0 Å². The van der Waals surface area contributed by atoms with Crippen LogP contribution in [0.25, 0.3) is 0 Å². The number of anilines is 2. The molecule has 5 heteroatoms. The molecule has 106 valence electrons. The van der Waals surface area contributed by atoms with Crippen molar-refractivity contribution < 1.29 is 0 Å². The van der Waals surface area contributed by atoms with Gasteiger partial charge in [0.2, 0.25) is 0 Å². The van der Waals surface area contributed by atoms with Gasteiger partial charge in [-0.3, -0.25) is 0 Å². The number of nitrogens with two attached hydrogens (primary N) is 1. The normalized spacial score (nSPS) is 15.7. The van der Waals surface area contributed by atoms with Crippen LogP contribution < -0.4 is 16.0 Å². The number of hydrogen-bond acceptors (Lipinski definition) is 5. The molecule has 1 aromatic rings. The second-order valence-electron chi connectivity index (χ2n) is 5.40. The number of aromatic nitrogens is 2. The maximum atomic E-state index is 5.58. The summed E-state index contributed by atoms with van der Waals surface area (Å²) >= 11 is 0. The van der Waals surface area contributed by atoms with E-state index in [1.807, 2.05) is 20.0 Å². The Hall–Kier alpha value is -1.36. The zero-order valence-electron chi connectivity index (χ0n) is 12.0. The van der Waals surface area contributed by atoms with Gasteiger partial charge in [0.25, 0.3) is 0 Å². The highest BCUT2D eigenvalue weighted by atomic mass is 15.2. The first-order valence-electron chi connectivity index (χ1n) is 7.20. The van der Waals surface area contributed by atoms with Gasteiger partial charge in [-0.25, -0.2) is 9.97 Å². The van der Waals surface area contributed by atoms with E-state index in [0.29, 0.717) is 6.54 Å². The van der Waals surface area contributed by atoms with Gasteiger partial charge in [0.15, 0.2) is 0 Å². The highest BCUT2D eigenvalue weighted by Gasteiger charge is 2.15. The molecule has 1 heterocycles. The predicted molar refractivity (Wildman–Crippen MR) is 79.5 cm³/mol. The minimum absolute atomic E-state index is 0.629. The molecule has 19 heavy (non-hydrogen) atoms. The third-order valence-corrected chi connectivity index (χ3v) is 3.73. The maximum Gasteiger partial charge on any atom is 0.134 e. The minimum Gasteiger partial charge on any atom is -0.370 e. The summed E-state index contributed by atoms with van der Waals surface area (Å²) in [5, 5.41) is 3.46. The average Bonchev–Trinajstić information content (AvgIpc) is 2.89. The Morgan fingerprint density at radius 1 is 1.37 bits per heavy atom. The van der Waals surface area contributed by atoms with Crippen LogP contribution in [0.5, 0.6) is 0 Å². The molecule has 0 radical (unpaired) electrons. The first-order chi connectivity index (χ1) is 9.19. The van der Waals surface area contributed by atoms with Gasteiger partial charge in [-0.15, -0.1) is 0 Å². The monoisotopic (exact) mass is 263 g/mol. The van der Waals surface area contributed by atoms with E-state index in [2.05, 4.69) is 20.2 Å². The molecule has 0 saturated heterocycles. The summed E-state index contributed by atoms with van der Waals surface area (Å²) in [7, 11) is 2.01. The Labute approximate surface area is 115 Å². The Balaban J connectivity index is 1.99. The molecule has 0 aromatic carbocycles. The van der Waals surface area contributed by atoms with Crippen LogP contribution in [0, 0.1) is 12.8 Å². The number of nitrogens with one attached hydrogen (secondary N) is 1. The van der Waals surface area contributed by atoms with E-state index in [0.717, 1.165) is 36.5 Å². The van der Waals surface area contributed by atoms with Crippen molar-refractivity contribution in [3.05, 3.63) is 11.9 Å². The fourth-order valence-electron chi connectivity index (χ4n) is 2.61. The molecule has 0 aliphatic heterocycles. The molecule has 1 aliphatic carbocycles. The topological polar surface area (TPSA) is 67.1 Å². The van der Waals surface area contributed by atoms with E-state index < -0.39 is 0 Å². The van der Waals surface area contributed by atoms with Crippen molar-refractivity contribution in [2.24, 2.45) is 11.7 Å². The molecule has 0 spiro atoms. The van der Waals surface area contributed by atoms with E-state index >= 15 is 0 Å². The van der Waals surface area contributed by atoms with Crippen molar-refractivity contribution in [1.29, 1.82) is 0 Å². The molecular weight excluding hydrogens is 238 g/mol. The summed E-state index contributed by atoms with van der Waals surface area (Å²) in [4.78, 5) is 11.0. The zero-order valence-corrected chi connectivity index (χ0v) is 12.0. The molecule has 1 saturated carbocycles. The third-order valence-electron chi connectivity index (χ3n) is 3.73. The minimum atomic E-state index is 0.629. The van der Waals surface area contributed by atoms with Gasteiger partial charge in [0, 0.05) is 32.7 Å². The van der Waals surface area contributed by atoms with E-state index in [9.17, 15) is 0 Å². The molecule has 1 aromatic heterocycles.